The molecule has 1 heterocycles. The number of piperidine rings is 1. The highest BCUT2D eigenvalue weighted by atomic mass is 32.1. The minimum Gasteiger partial charge on any atom is -0.393 e. The average Bonchev–Trinajstić information content (AvgIpc) is 2.41. The minimum absolute atomic E-state index is 0.569. The van der Waals surface area contributed by atoms with Gasteiger partial charge in [0.05, 0.1) is 4.99 Å². The summed E-state index contributed by atoms with van der Waals surface area (Å²) in [5.74, 6) is 0. The van der Waals surface area contributed by atoms with Gasteiger partial charge in [-0.1, -0.05) is 36.5 Å². The van der Waals surface area contributed by atoms with Crippen molar-refractivity contribution in [2.45, 2.75) is 31.8 Å². The minimum atomic E-state index is 0.569. The molecule has 0 aliphatic carbocycles. The standard InChI is InChI=1S/C16H25N3S/c1-18-9-7-15(8-10-18)19(2)12-14-6-4-3-5-13(14)11-16(17)20/h3-6,15H,7-12H2,1-2H3,(H2,17,20). The summed E-state index contributed by atoms with van der Waals surface area (Å²) < 4.78 is 0. The number of likely N-dealkylation sites (tertiary alicyclic amines) is 1. The van der Waals surface area contributed by atoms with Crippen LogP contribution >= 0.6 is 12.2 Å². The molecule has 1 aliphatic rings. The fraction of sp³-hybridized carbons (Fsp3) is 0.562. The van der Waals surface area contributed by atoms with Crippen LogP contribution in [0.5, 0.6) is 0 Å². The highest BCUT2D eigenvalue weighted by molar-refractivity contribution is 7.80. The van der Waals surface area contributed by atoms with Gasteiger partial charge in [0.2, 0.25) is 0 Å². The summed E-state index contributed by atoms with van der Waals surface area (Å²) in [7, 11) is 4.43. The van der Waals surface area contributed by atoms with Crippen LogP contribution in [0, 0.1) is 0 Å². The largest absolute Gasteiger partial charge is 0.393 e. The summed E-state index contributed by atoms with van der Waals surface area (Å²) in [5.41, 5.74) is 8.31. The van der Waals surface area contributed by atoms with E-state index in [4.69, 9.17) is 18.0 Å². The van der Waals surface area contributed by atoms with E-state index < -0.39 is 0 Å². The van der Waals surface area contributed by atoms with Gasteiger partial charge in [-0.05, 0) is 51.2 Å². The summed E-state index contributed by atoms with van der Waals surface area (Å²) in [5, 5.41) is 0. The third-order valence-electron chi connectivity index (χ3n) is 4.21. The van der Waals surface area contributed by atoms with Crippen LogP contribution in [0.25, 0.3) is 0 Å². The first-order valence-corrected chi connectivity index (χ1v) is 7.71. The number of hydrogen-bond donors (Lipinski definition) is 1. The molecule has 0 saturated carbocycles. The van der Waals surface area contributed by atoms with Crippen molar-refractivity contribution < 1.29 is 0 Å². The Labute approximate surface area is 127 Å². The fourth-order valence-electron chi connectivity index (χ4n) is 2.91. The second kappa shape index (κ2) is 7.16. The van der Waals surface area contributed by atoms with Crippen LogP contribution in [0.2, 0.25) is 0 Å². The molecule has 1 fully saturated rings. The van der Waals surface area contributed by atoms with Crippen LogP contribution in [0.15, 0.2) is 24.3 Å². The summed E-state index contributed by atoms with van der Waals surface area (Å²) in [6.07, 6.45) is 3.21. The Bertz CT molecular complexity index is 453. The zero-order valence-corrected chi connectivity index (χ0v) is 13.3. The Balaban J connectivity index is 2.00. The van der Waals surface area contributed by atoms with E-state index in [0.717, 1.165) is 6.54 Å². The number of thiocarbonyl (C=S) groups is 1. The molecule has 0 bridgehead atoms. The highest BCUT2D eigenvalue weighted by Gasteiger charge is 2.21. The van der Waals surface area contributed by atoms with Crippen LogP contribution < -0.4 is 5.73 Å². The first kappa shape index (κ1) is 15.4. The first-order valence-electron chi connectivity index (χ1n) is 7.30. The maximum absolute atomic E-state index is 5.69. The molecule has 0 aromatic heterocycles. The Morgan fingerprint density at radius 1 is 1.30 bits per heavy atom. The molecular weight excluding hydrogens is 266 g/mol. The Hall–Kier alpha value is -0.970. The van der Waals surface area contributed by atoms with E-state index >= 15 is 0 Å². The molecule has 0 amide bonds. The number of nitrogens with two attached hydrogens (primary N) is 1. The van der Waals surface area contributed by atoms with E-state index in [9.17, 15) is 0 Å². The lowest BCUT2D eigenvalue weighted by atomic mass is 10.0. The van der Waals surface area contributed by atoms with Crippen LogP contribution in [0.1, 0.15) is 24.0 Å². The molecule has 1 aliphatic heterocycles. The summed E-state index contributed by atoms with van der Waals surface area (Å²) >= 11 is 5.05. The lowest BCUT2D eigenvalue weighted by Gasteiger charge is -2.35. The van der Waals surface area contributed by atoms with Gasteiger partial charge in [-0.25, -0.2) is 0 Å². The zero-order valence-electron chi connectivity index (χ0n) is 12.5. The van der Waals surface area contributed by atoms with Gasteiger partial charge in [0, 0.05) is 19.0 Å². The van der Waals surface area contributed by atoms with Crippen molar-refractivity contribution in [3.8, 4) is 0 Å². The molecule has 1 aromatic carbocycles. The molecule has 3 nitrogen and oxygen atoms in total. The van der Waals surface area contributed by atoms with Gasteiger partial charge in [0.25, 0.3) is 0 Å². The van der Waals surface area contributed by atoms with Gasteiger partial charge in [-0.15, -0.1) is 0 Å². The van der Waals surface area contributed by atoms with Gasteiger partial charge in [0.15, 0.2) is 0 Å². The molecule has 4 heteroatoms. The van der Waals surface area contributed by atoms with Crippen molar-refractivity contribution in [2.24, 2.45) is 5.73 Å². The molecule has 0 atom stereocenters. The Morgan fingerprint density at radius 3 is 2.50 bits per heavy atom. The number of benzene rings is 1. The van der Waals surface area contributed by atoms with Crippen LogP contribution in [-0.2, 0) is 13.0 Å². The molecule has 20 heavy (non-hydrogen) atoms. The predicted molar refractivity (Wildman–Crippen MR) is 88.9 cm³/mol. The third-order valence-corrected chi connectivity index (χ3v) is 4.36. The van der Waals surface area contributed by atoms with Crippen LogP contribution in [-0.4, -0.2) is 48.0 Å². The van der Waals surface area contributed by atoms with Crippen molar-refractivity contribution in [1.82, 2.24) is 9.80 Å². The van der Waals surface area contributed by atoms with Gasteiger partial charge < -0.3 is 10.6 Å². The highest BCUT2D eigenvalue weighted by Crippen LogP contribution is 2.18. The van der Waals surface area contributed by atoms with E-state index in [0.29, 0.717) is 17.5 Å². The number of rotatable bonds is 5. The van der Waals surface area contributed by atoms with Gasteiger partial charge in [-0.2, -0.15) is 0 Å². The smallest absolute Gasteiger partial charge is 0.0771 e. The zero-order chi connectivity index (χ0) is 14.5. The second-order valence-electron chi connectivity index (χ2n) is 5.86. The molecule has 1 aromatic rings. The molecule has 110 valence electrons. The van der Waals surface area contributed by atoms with E-state index in [1.165, 1.54) is 37.1 Å². The molecule has 1 saturated heterocycles. The summed E-state index contributed by atoms with van der Waals surface area (Å²) in [4.78, 5) is 5.45. The Morgan fingerprint density at radius 2 is 1.90 bits per heavy atom. The second-order valence-corrected chi connectivity index (χ2v) is 6.39. The summed E-state index contributed by atoms with van der Waals surface area (Å²) in [6.45, 7) is 3.38. The maximum atomic E-state index is 5.69. The lowest BCUT2D eigenvalue weighted by molar-refractivity contribution is 0.139. The van der Waals surface area contributed by atoms with Gasteiger partial charge >= 0.3 is 0 Å². The lowest BCUT2D eigenvalue weighted by Crippen LogP contribution is -2.41. The van der Waals surface area contributed by atoms with E-state index in [-0.39, 0.29) is 0 Å². The van der Waals surface area contributed by atoms with E-state index in [1.54, 1.807) is 0 Å². The predicted octanol–water partition coefficient (Wildman–Crippen LogP) is 2.04. The quantitative estimate of drug-likeness (QED) is 0.842. The average molecular weight is 291 g/mol. The monoisotopic (exact) mass is 291 g/mol. The molecule has 0 spiro atoms. The van der Waals surface area contributed by atoms with Crippen molar-refractivity contribution in [1.29, 1.82) is 0 Å². The van der Waals surface area contributed by atoms with E-state index in [2.05, 4.69) is 48.2 Å². The maximum Gasteiger partial charge on any atom is 0.0771 e. The van der Waals surface area contributed by atoms with Crippen molar-refractivity contribution in [3.63, 3.8) is 0 Å². The fourth-order valence-corrected chi connectivity index (χ4v) is 3.06. The van der Waals surface area contributed by atoms with Crippen LogP contribution in [0.3, 0.4) is 0 Å². The van der Waals surface area contributed by atoms with Crippen molar-refractivity contribution >= 4 is 17.2 Å². The summed E-state index contributed by atoms with van der Waals surface area (Å²) in [6, 6.07) is 9.17. The normalized spacial score (nSPS) is 17.6. The molecule has 0 unspecified atom stereocenters. The van der Waals surface area contributed by atoms with Gasteiger partial charge in [-0.3, -0.25) is 4.90 Å². The SMILES string of the molecule is CN1CCC(N(C)Cc2ccccc2CC(N)=S)CC1. The molecule has 0 radical (unpaired) electrons. The van der Waals surface area contributed by atoms with Crippen molar-refractivity contribution in [2.75, 3.05) is 27.2 Å². The number of nitrogens with zero attached hydrogens (tertiary/aromatic N) is 2. The Kier molecular flexibility index (Phi) is 5.52. The van der Waals surface area contributed by atoms with Gasteiger partial charge in [0.1, 0.15) is 0 Å². The number of hydrogen-bond acceptors (Lipinski definition) is 3. The molecule has 2 rings (SSSR count). The third kappa shape index (κ3) is 4.27. The van der Waals surface area contributed by atoms with Crippen LogP contribution in [0.4, 0.5) is 0 Å². The molecular formula is C16H25N3S. The van der Waals surface area contributed by atoms with Crippen molar-refractivity contribution in [3.05, 3.63) is 35.4 Å². The topological polar surface area (TPSA) is 32.5 Å². The molecule has 2 N–H and O–H groups in total. The van der Waals surface area contributed by atoms with E-state index in [1.807, 2.05) is 0 Å². The first-order chi connectivity index (χ1) is 9.56.